The lowest BCUT2D eigenvalue weighted by Crippen LogP contribution is -2.42. The number of esters is 1. The summed E-state index contributed by atoms with van der Waals surface area (Å²) in [7, 11) is 3.30. The zero-order valence-corrected chi connectivity index (χ0v) is 29.6. The summed E-state index contributed by atoms with van der Waals surface area (Å²) in [6.07, 6.45) is 3.92. The van der Waals surface area contributed by atoms with Crippen LogP contribution in [-0.2, 0) is 16.1 Å². The van der Waals surface area contributed by atoms with E-state index in [1.165, 1.54) is 5.56 Å². The molecular formula is C40H45N3O6. The molecule has 3 heterocycles. The second-order valence-corrected chi connectivity index (χ2v) is 13.3. The van der Waals surface area contributed by atoms with Crippen LogP contribution in [0.15, 0.2) is 73.1 Å². The molecule has 5 aromatic rings. The Labute approximate surface area is 288 Å². The highest BCUT2D eigenvalue weighted by molar-refractivity contribution is 5.81. The minimum absolute atomic E-state index is 0.265. The van der Waals surface area contributed by atoms with Crippen molar-refractivity contribution in [3.05, 3.63) is 84.2 Å². The molecule has 0 bridgehead atoms. The fraction of sp³-hybridized carbons (Fsp3) is 0.350. The third-order valence-electron chi connectivity index (χ3n) is 8.98. The van der Waals surface area contributed by atoms with Gasteiger partial charge in [0.1, 0.15) is 42.0 Å². The molecule has 0 spiro atoms. The molecule has 6 rings (SSSR count). The highest BCUT2D eigenvalue weighted by Gasteiger charge is 2.28. The first kappa shape index (κ1) is 33.9. The summed E-state index contributed by atoms with van der Waals surface area (Å²) in [6.45, 7) is 13.9. The van der Waals surface area contributed by atoms with Crippen LogP contribution in [0.4, 0.5) is 0 Å². The highest BCUT2D eigenvalue weighted by atomic mass is 16.6. The summed E-state index contributed by atoms with van der Waals surface area (Å²) in [5, 5.41) is 0. The van der Waals surface area contributed by atoms with Crippen LogP contribution in [0, 0.1) is 6.92 Å². The third-order valence-corrected chi connectivity index (χ3v) is 8.98. The second-order valence-electron chi connectivity index (χ2n) is 13.3. The number of hydrogen-bond donors (Lipinski definition) is 0. The van der Waals surface area contributed by atoms with E-state index in [0.29, 0.717) is 37.8 Å². The lowest BCUT2D eigenvalue weighted by Gasteiger charge is -2.30. The molecule has 0 N–H and O–H groups in total. The van der Waals surface area contributed by atoms with Crippen molar-refractivity contribution in [2.75, 3.05) is 34.0 Å². The summed E-state index contributed by atoms with van der Waals surface area (Å²) in [4.78, 5) is 19.8. The number of carbonyl (C=O) groups is 1. The van der Waals surface area contributed by atoms with Crippen LogP contribution in [0.5, 0.6) is 23.0 Å². The number of hydrogen-bond acceptors (Lipinski definition) is 8. The lowest BCUT2D eigenvalue weighted by atomic mass is 9.93. The summed E-state index contributed by atoms with van der Waals surface area (Å²) < 4.78 is 31.1. The first-order valence-corrected chi connectivity index (χ1v) is 16.7. The number of carbonyl (C=O) groups excluding carboxylic acids is 1. The highest BCUT2D eigenvalue weighted by Crippen LogP contribution is 2.39. The topological polar surface area (TPSA) is 83.8 Å². The Morgan fingerprint density at radius 3 is 2.20 bits per heavy atom. The molecule has 49 heavy (non-hydrogen) atoms. The van der Waals surface area contributed by atoms with E-state index >= 15 is 0 Å². The molecular weight excluding hydrogens is 618 g/mol. The van der Waals surface area contributed by atoms with Gasteiger partial charge in [-0.05, 0) is 105 Å². The van der Waals surface area contributed by atoms with Crippen LogP contribution in [0.1, 0.15) is 45.7 Å². The molecule has 0 amide bonds. The van der Waals surface area contributed by atoms with Crippen molar-refractivity contribution in [1.29, 1.82) is 0 Å². The van der Waals surface area contributed by atoms with Gasteiger partial charge in [0.15, 0.2) is 11.5 Å². The summed E-state index contributed by atoms with van der Waals surface area (Å²) in [5.74, 6) is 2.63. The number of fused-ring (bicyclic) bond motifs is 2. The van der Waals surface area contributed by atoms with Crippen LogP contribution in [0.25, 0.3) is 39.2 Å². The Morgan fingerprint density at radius 1 is 0.918 bits per heavy atom. The number of likely N-dealkylation sites (N-methyl/N-ethyl adjacent to an activating group) is 1. The van der Waals surface area contributed by atoms with Crippen molar-refractivity contribution >= 4 is 11.6 Å². The van der Waals surface area contributed by atoms with Crippen molar-refractivity contribution in [3.63, 3.8) is 0 Å². The molecule has 1 unspecified atom stereocenters. The molecule has 0 aliphatic carbocycles. The Balaban J connectivity index is 1.31. The summed E-state index contributed by atoms with van der Waals surface area (Å²) >= 11 is 0. The molecule has 9 heteroatoms. The molecule has 1 atom stereocenters. The van der Waals surface area contributed by atoms with Gasteiger partial charge in [-0.1, -0.05) is 31.2 Å². The predicted molar refractivity (Wildman–Crippen MR) is 192 cm³/mol. The number of ether oxygens (including phenoxy) is 5. The molecule has 256 valence electrons. The third kappa shape index (κ3) is 6.94. The van der Waals surface area contributed by atoms with Crippen molar-refractivity contribution in [3.8, 4) is 56.5 Å². The van der Waals surface area contributed by atoms with Crippen LogP contribution < -0.4 is 18.9 Å². The molecule has 9 nitrogen and oxygen atoms in total. The van der Waals surface area contributed by atoms with Crippen molar-refractivity contribution in [2.45, 2.75) is 59.7 Å². The molecule has 3 aromatic carbocycles. The number of imidazole rings is 1. The fourth-order valence-corrected chi connectivity index (χ4v) is 6.38. The lowest BCUT2D eigenvalue weighted by molar-refractivity contribution is -0.161. The first-order valence-electron chi connectivity index (χ1n) is 16.7. The zero-order valence-electron chi connectivity index (χ0n) is 29.6. The van der Waals surface area contributed by atoms with Gasteiger partial charge in [-0.25, -0.2) is 4.98 Å². The normalized spacial score (nSPS) is 13.4. The monoisotopic (exact) mass is 663 g/mol. The van der Waals surface area contributed by atoms with Crippen molar-refractivity contribution < 1.29 is 28.5 Å². The van der Waals surface area contributed by atoms with E-state index in [0.717, 1.165) is 56.2 Å². The molecule has 1 aliphatic rings. The van der Waals surface area contributed by atoms with E-state index in [1.54, 1.807) is 14.2 Å². The second kappa shape index (κ2) is 13.8. The van der Waals surface area contributed by atoms with Gasteiger partial charge in [0.2, 0.25) is 0 Å². The summed E-state index contributed by atoms with van der Waals surface area (Å²) in [5.41, 5.74) is 8.52. The Hall–Kier alpha value is -5.02. The van der Waals surface area contributed by atoms with Gasteiger partial charge in [-0.2, -0.15) is 0 Å². The average Bonchev–Trinajstić information content (AvgIpc) is 3.52. The maximum absolute atomic E-state index is 12.9. The van der Waals surface area contributed by atoms with E-state index in [1.807, 2.05) is 59.0 Å². The quantitative estimate of drug-likeness (QED) is 0.139. The Kier molecular flexibility index (Phi) is 9.56. The minimum atomic E-state index is -0.562. The van der Waals surface area contributed by atoms with Crippen LogP contribution >= 0.6 is 0 Å². The van der Waals surface area contributed by atoms with Gasteiger partial charge < -0.3 is 23.7 Å². The van der Waals surface area contributed by atoms with E-state index in [2.05, 4.69) is 64.9 Å². The van der Waals surface area contributed by atoms with Crippen LogP contribution in [0.2, 0.25) is 0 Å². The van der Waals surface area contributed by atoms with Gasteiger partial charge in [-0.3, -0.25) is 14.1 Å². The predicted octanol–water partition coefficient (Wildman–Crippen LogP) is 7.98. The van der Waals surface area contributed by atoms with E-state index in [4.69, 9.17) is 28.7 Å². The van der Waals surface area contributed by atoms with Gasteiger partial charge >= 0.3 is 5.97 Å². The molecule has 0 saturated carbocycles. The molecule has 0 fully saturated rings. The average molecular weight is 664 g/mol. The van der Waals surface area contributed by atoms with Gasteiger partial charge in [0.25, 0.3) is 0 Å². The molecule has 0 radical (unpaired) electrons. The standard InChI is InChI=1S/C40H45N3O6/c1-9-42(26(3)39(44)49-40(4,5)6)24-32-35(45-7)20-29(21-36(32)46-8)33-23-41-38-22-28(15-16-43(33)38)31-12-10-11-30(25(31)2)27-13-14-34-37(19-27)48-18-17-47-34/h10-16,19-23,26H,9,17-18,24H2,1-8H3. The number of pyridine rings is 1. The van der Waals surface area contributed by atoms with Gasteiger partial charge in [-0.15, -0.1) is 0 Å². The van der Waals surface area contributed by atoms with Gasteiger partial charge in [0.05, 0.1) is 31.7 Å². The van der Waals surface area contributed by atoms with Crippen LogP contribution in [-0.4, -0.2) is 65.9 Å². The summed E-state index contributed by atoms with van der Waals surface area (Å²) in [6, 6.07) is 20.3. The molecule has 2 aromatic heterocycles. The van der Waals surface area contributed by atoms with E-state index in [-0.39, 0.29) is 5.97 Å². The maximum Gasteiger partial charge on any atom is 0.323 e. The molecule has 0 saturated heterocycles. The number of nitrogens with zero attached hydrogens (tertiary/aromatic N) is 3. The smallest absolute Gasteiger partial charge is 0.323 e. The van der Waals surface area contributed by atoms with Crippen molar-refractivity contribution in [1.82, 2.24) is 14.3 Å². The molecule has 1 aliphatic heterocycles. The van der Waals surface area contributed by atoms with E-state index in [9.17, 15) is 4.79 Å². The van der Waals surface area contributed by atoms with Crippen LogP contribution in [0.3, 0.4) is 0 Å². The van der Waals surface area contributed by atoms with Crippen molar-refractivity contribution in [2.24, 2.45) is 0 Å². The first-order chi connectivity index (χ1) is 23.5. The number of methoxy groups -OCH3 is 2. The number of rotatable bonds is 10. The maximum atomic E-state index is 12.9. The van der Waals surface area contributed by atoms with E-state index < -0.39 is 11.6 Å². The SMILES string of the molecule is CCN(Cc1c(OC)cc(-c2cnc3cc(-c4cccc(-c5ccc6c(c5)OCCO6)c4C)ccn23)cc1OC)C(C)C(=O)OC(C)(C)C. The Bertz CT molecular complexity index is 1970. The minimum Gasteiger partial charge on any atom is -0.496 e. The number of benzene rings is 3. The largest absolute Gasteiger partial charge is 0.496 e. The van der Waals surface area contributed by atoms with Gasteiger partial charge in [0, 0.05) is 18.3 Å². The zero-order chi connectivity index (χ0) is 34.9. The Morgan fingerprint density at radius 2 is 1.57 bits per heavy atom. The fourth-order valence-electron chi connectivity index (χ4n) is 6.38. The number of aromatic nitrogens is 2.